The van der Waals surface area contributed by atoms with Gasteiger partial charge in [0, 0.05) is 17.4 Å². The molecule has 0 spiro atoms. The zero-order valence-corrected chi connectivity index (χ0v) is 37.1. The summed E-state index contributed by atoms with van der Waals surface area (Å²) in [4.78, 5) is 9.19. The number of aromatic nitrogens is 2. The number of benzene rings is 2. The van der Waals surface area contributed by atoms with Gasteiger partial charge in [-0.3, -0.25) is 0 Å². The molecule has 0 radical (unpaired) electrons. The fourth-order valence-electron chi connectivity index (χ4n) is 4.61. The second-order valence-electron chi connectivity index (χ2n) is 17.6. The minimum Gasteiger partial charge on any atom is -0.474 e. The Balaban J connectivity index is 0.000000360. The third-order valence-electron chi connectivity index (χ3n) is 7.77. The summed E-state index contributed by atoms with van der Waals surface area (Å²) in [6.45, 7) is 37.0. The summed E-state index contributed by atoms with van der Waals surface area (Å²) >= 11 is 0. The van der Waals surface area contributed by atoms with Gasteiger partial charge in [0.2, 0.25) is 15.9 Å². The summed E-state index contributed by atoms with van der Waals surface area (Å²) in [7, 11) is -2.94. The molecule has 1 fully saturated rings. The van der Waals surface area contributed by atoms with Gasteiger partial charge in [0.05, 0.1) is 47.3 Å². The highest BCUT2D eigenvalue weighted by Crippen LogP contribution is 2.28. The highest BCUT2D eigenvalue weighted by molar-refractivity contribution is 7.90. The van der Waals surface area contributed by atoms with E-state index in [4.69, 9.17) is 14.2 Å². The van der Waals surface area contributed by atoms with Crippen molar-refractivity contribution in [3.63, 3.8) is 0 Å². The van der Waals surface area contributed by atoms with E-state index >= 15 is 0 Å². The van der Waals surface area contributed by atoms with Gasteiger partial charge in [0.15, 0.2) is 0 Å². The van der Waals surface area contributed by atoms with Gasteiger partial charge in [0.1, 0.15) is 5.69 Å². The van der Waals surface area contributed by atoms with Crippen molar-refractivity contribution in [2.24, 2.45) is 5.41 Å². The average molecular weight is 758 g/mol. The number of ether oxygens (including phenoxy) is 3. The smallest absolute Gasteiger partial charge is 0.236 e. The van der Waals surface area contributed by atoms with Crippen molar-refractivity contribution >= 4 is 21.1 Å². The van der Waals surface area contributed by atoms with Crippen molar-refractivity contribution in [3.8, 4) is 5.88 Å². The fourth-order valence-corrected chi connectivity index (χ4v) is 6.22. The van der Waals surface area contributed by atoms with Crippen molar-refractivity contribution < 1.29 is 22.6 Å². The van der Waals surface area contributed by atoms with Crippen LogP contribution in [0, 0.1) is 5.41 Å². The van der Waals surface area contributed by atoms with Crippen LogP contribution < -0.4 is 9.46 Å². The number of hydrogen-bond donors (Lipinski definition) is 1. The number of rotatable bonds is 13. The van der Waals surface area contributed by atoms with Crippen LogP contribution in [-0.2, 0) is 19.5 Å². The van der Waals surface area contributed by atoms with E-state index in [1.54, 1.807) is 0 Å². The molecule has 3 aromatic rings. The summed E-state index contributed by atoms with van der Waals surface area (Å²) in [6.07, 6.45) is 2.08. The van der Waals surface area contributed by atoms with Crippen LogP contribution in [0.3, 0.4) is 0 Å². The zero-order valence-electron chi connectivity index (χ0n) is 36.3. The normalized spacial score (nSPS) is 13.6. The summed E-state index contributed by atoms with van der Waals surface area (Å²) in [5, 5.41) is -0.0881. The van der Waals surface area contributed by atoms with Crippen LogP contribution in [0.4, 0.5) is 0 Å². The molecule has 2 aromatic carbocycles. The van der Waals surface area contributed by atoms with Crippen molar-refractivity contribution in [3.05, 3.63) is 65.4 Å². The van der Waals surface area contributed by atoms with Crippen LogP contribution in [0.5, 0.6) is 5.88 Å². The van der Waals surface area contributed by atoms with Crippen LogP contribution in [0.2, 0.25) is 0 Å². The van der Waals surface area contributed by atoms with E-state index in [1.807, 2.05) is 52.0 Å². The third kappa shape index (κ3) is 20.6. The predicted octanol–water partition coefficient (Wildman–Crippen LogP) is 11.2. The molecule has 1 aromatic heterocycles. The molecule has 9 heteroatoms. The van der Waals surface area contributed by atoms with Gasteiger partial charge in [-0.1, -0.05) is 91.8 Å². The lowest BCUT2D eigenvalue weighted by Crippen LogP contribution is -2.32. The van der Waals surface area contributed by atoms with Crippen LogP contribution in [0.1, 0.15) is 165 Å². The molecule has 4 rings (SSSR count). The van der Waals surface area contributed by atoms with Gasteiger partial charge < -0.3 is 14.2 Å². The molecule has 0 aliphatic heterocycles. The Kier molecular flexibility index (Phi) is 20.2. The monoisotopic (exact) mass is 758 g/mol. The van der Waals surface area contributed by atoms with Gasteiger partial charge in [0.25, 0.3) is 0 Å². The van der Waals surface area contributed by atoms with Crippen LogP contribution in [-0.4, -0.2) is 60.7 Å². The maximum Gasteiger partial charge on any atom is 0.236 e. The molecule has 1 saturated carbocycles. The van der Waals surface area contributed by atoms with E-state index in [0.29, 0.717) is 29.7 Å². The third-order valence-corrected chi connectivity index (χ3v) is 9.92. The highest BCUT2D eigenvalue weighted by atomic mass is 32.2. The van der Waals surface area contributed by atoms with Crippen molar-refractivity contribution in [2.45, 2.75) is 177 Å². The number of nitrogens with zero attached hydrogens (tertiary/aromatic N) is 2. The molecular weight excluding hydrogens is 683 g/mol. The first-order valence-electron chi connectivity index (χ1n) is 19.6. The highest BCUT2D eigenvalue weighted by Gasteiger charge is 2.35. The van der Waals surface area contributed by atoms with E-state index in [2.05, 4.69) is 129 Å². The van der Waals surface area contributed by atoms with Gasteiger partial charge >= 0.3 is 0 Å². The molecule has 0 amide bonds. The molecule has 0 unspecified atom stereocenters. The number of nitrogens with one attached hydrogen (secondary N) is 1. The standard InChI is InChI=1S/C14H18N2O.C12H26O2.C12H18.C6H13NO2S/c1-9(2)13-14(17-10(3)4)16-12-8-6-5-7-11(12)15-13;1-10(2)13-8-12(6,7)9-14-11(3,4)5;1-9(2)11-6-5-7-12(8-11)10(3)4;1-5(2)7-10(8,9)6-3-4-6/h5-10H,1-4H3;10H,8-9H2,1-7H3;5-10H,1-4H3;5-7H,3-4H2,1-2H3. The van der Waals surface area contributed by atoms with Crippen molar-refractivity contribution in [1.29, 1.82) is 0 Å². The number of hydrogen-bond acceptors (Lipinski definition) is 7. The lowest BCUT2D eigenvalue weighted by molar-refractivity contribution is -0.0745. The van der Waals surface area contributed by atoms with E-state index in [0.717, 1.165) is 42.8 Å². The second kappa shape index (κ2) is 22.1. The Labute approximate surface area is 324 Å². The van der Waals surface area contributed by atoms with Gasteiger partial charge in [-0.05, 0) is 110 Å². The van der Waals surface area contributed by atoms with Gasteiger partial charge in [-0.25, -0.2) is 23.1 Å². The predicted molar refractivity (Wildman–Crippen MR) is 225 cm³/mol. The Morgan fingerprint density at radius 1 is 0.698 bits per heavy atom. The number of para-hydroxylation sites is 2. The van der Waals surface area contributed by atoms with E-state index in [9.17, 15) is 8.42 Å². The fraction of sp³-hybridized carbons (Fsp3) is 0.682. The van der Waals surface area contributed by atoms with E-state index in [-0.39, 0.29) is 28.4 Å². The maximum atomic E-state index is 11.1. The van der Waals surface area contributed by atoms with E-state index in [1.165, 1.54) is 11.1 Å². The average Bonchev–Trinajstić information content (AvgIpc) is 3.89. The number of fused-ring (bicyclic) bond motifs is 1. The Morgan fingerprint density at radius 3 is 1.60 bits per heavy atom. The molecule has 0 saturated heterocycles. The molecule has 8 nitrogen and oxygen atoms in total. The molecule has 0 atom stereocenters. The van der Waals surface area contributed by atoms with Gasteiger partial charge in [-0.2, -0.15) is 0 Å². The van der Waals surface area contributed by atoms with Crippen LogP contribution in [0.25, 0.3) is 11.0 Å². The largest absolute Gasteiger partial charge is 0.474 e. The van der Waals surface area contributed by atoms with Crippen LogP contribution in [0.15, 0.2) is 48.5 Å². The molecule has 1 N–H and O–H groups in total. The molecule has 53 heavy (non-hydrogen) atoms. The van der Waals surface area contributed by atoms with E-state index < -0.39 is 10.0 Å². The topological polar surface area (TPSA) is 99.6 Å². The Bertz CT molecular complexity index is 1560. The first-order valence-corrected chi connectivity index (χ1v) is 21.2. The molecule has 302 valence electrons. The Hall–Kier alpha value is -2.59. The SMILES string of the molecule is CC(C)NS(=O)(=O)C1CC1.CC(C)OCC(C)(C)COC(C)(C)C.CC(C)Oc1nc2ccccc2nc1C(C)C.CC(C)c1cccc(C(C)C)c1. The first-order chi connectivity index (χ1) is 24.3. The summed E-state index contributed by atoms with van der Waals surface area (Å²) in [5.41, 5.74) is 5.66. The summed E-state index contributed by atoms with van der Waals surface area (Å²) in [6, 6.07) is 16.8. The molecule has 1 heterocycles. The molecular formula is C44H75N3O5S. The maximum absolute atomic E-state index is 11.1. The Morgan fingerprint density at radius 2 is 1.21 bits per heavy atom. The molecule has 1 aliphatic rings. The zero-order chi connectivity index (χ0) is 40.7. The molecule has 1 aliphatic carbocycles. The molecule has 0 bridgehead atoms. The van der Waals surface area contributed by atoms with Gasteiger partial charge in [-0.15, -0.1) is 0 Å². The minimum absolute atomic E-state index is 0.0330. The quantitative estimate of drug-likeness (QED) is 0.185. The minimum atomic E-state index is -2.94. The van der Waals surface area contributed by atoms with Crippen molar-refractivity contribution in [2.75, 3.05) is 13.2 Å². The number of sulfonamides is 1. The summed E-state index contributed by atoms with van der Waals surface area (Å²) in [5.74, 6) is 2.25. The van der Waals surface area contributed by atoms with Crippen molar-refractivity contribution in [1.82, 2.24) is 14.7 Å². The van der Waals surface area contributed by atoms with Crippen LogP contribution >= 0.6 is 0 Å². The first kappa shape index (κ1) is 48.4. The lowest BCUT2D eigenvalue weighted by Gasteiger charge is -2.30. The summed E-state index contributed by atoms with van der Waals surface area (Å²) < 4.78 is 41.8. The lowest BCUT2D eigenvalue weighted by atomic mass is 9.96. The second-order valence-corrected chi connectivity index (χ2v) is 19.6.